The molecule has 3 rings (SSSR count). The summed E-state index contributed by atoms with van der Waals surface area (Å²) in [4.78, 5) is 6.80. The first-order valence-electron chi connectivity index (χ1n) is 6.18. The van der Waals surface area contributed by atoms with Gasteiger partial charge >= 0.3 is 0 Å². The molecule has 2 fully saturated rings. The van der Waals surface area contributed by atoms with E-state index in [1.54, 1.807) is 0 Å². The highest BCUT2D eigenvalue weighted by atomic mass is 79.9. The number of anilines is 1. The Morgan fingerprint density at radius 3 is 2.94 bits per heavy atom. The van der Waals surface area contributed by atoms with Crippen LogP contribution in [0.25, 0.3) is 0 Å². The molecule has 4 heteroatoms. The molecule has 0 aliphatic carbocycles. The molecule has 17 heavy (non-hydrogen) atoms. The highest BCUT2D eigenvalue weighted by Gasteiger charge is 2.49. The van der Waals surface area contributed by atoms with Crippen molar-refractivity contribution in [3.05, 3.63) is 22.9 Å². The van der Waals surface area contributed by atoms with Gasteiger partial charge in [-0.1, -0.05) is 0 Å². The third kappa shape index (κ3) is 1.78. The molecule has 0 aromatic carbocycles. The first-order chi connectivity index (χ1) is 8.09. The van der Waals surface area contributed by atoms with Crippen molar-refractivity contribution in [2.75, 3.05) is 24.5 Å². The number of rotatable bonds is 1. The van der Waals surface area contributed by atoms with Crippen LogP contribution in [0.15, 0.2) is 22.9 Å². The second-order valence-corrected chi connectivity index (χ2v) is 6.57. The third-order valence-electron chi connectivity index (χ3n) is 4.36. The van der Waals surface area contributed by atoms with Crippen molar-refractivity contribution in [3.63, 3.8) is 0 Å². The van der Waals surface area contributed by atoms with Crippen molar-refractivity contribution in [3.8, 4) is 0 Å². The fourth-order valence-electron chi connectivity index (χ4n) is 3.41. The van der Waals surface area contributed by atoms with Crippen LogP contribution in [-0.2, 0) is 0 Å². The van der Waals surface area contributed by atoms with Crippen LogP contribution < -0.4 is 10.2 Å². The summed E-state index contributed by atoms with van der Waals surface area (Å²) in [5.74, 6) is 1.53. The number of nitrogens with zero attached hydrogens (tertiary/aromatic N) is 2. The van der Waals surface area contributed by atoms with Crippen LogP contribution in [0.2, 0.25) is 0 Å². The molecule has 0 amide bonds. The van der Waals surface area contributed by atoms with Crippen molar-refractivity contribution in [2.24, 2.45) is 11.8 Å². The Morgan fingerprint density at radius 2 is 2.24 bits per heavy atom. The molecule has 2 unspecified atom stereocenters. The van der Waals surface area contributed by atoms with Gasteiger partial charge in [0.05, 0.1) is 11.9 Å². The second-order valence-electron chi connectivity index (χ2n) is 5.65. The number of hydrogen-bond acceptors (Lipinski definition) is 3. The average Bonchev–Trinajstić information content (AvgIpc) is 2.81. The van der Waals surface area contributed by atoms with E-state index in [0.29, 0.717) is 0 Å². The fraction of sp³-hybridized carbons (Fsp3) is 0.615. The minimum atomic E-state index is 0.219. The summed E-state index contributed by atoms with van der Waals surface area (Å²) in [5.41, 5.74) is 1.45. The number of hydrogen-bond donors (Lipinski definition) is 1. The van der Waals surface area contributed by atoms with Gasteiger partial charge in [0.2, 0.25) is 0 Å². The van der Waals surface area contributed by atoms with Crippen LogP contribution in [0.5, 0.6) is 0 Å². The molecule has 3 heterocycles. The zero-order valence-electron chi connectivity index (χ0n) is 10.3. The van der Waals surface area contributed by atoms with Gasteiger partial charge in [-0.15, -0.1) is 0 Å². The third-order valence-corrected chi connectivity index (χ3v) is 4.80. The molecular formula is C13H18BrN3. The van der Waals surface area contributed by atoms with Gasteiger partial charge in [-0.05, 0) is 47.7 Å². The molecule has 1 N–H and O–H groups in total. The van der Waals surface area contributed by atoms with Crippen LogP contribution in [-0.4, -0.2) is 30.2 Å². The van der Waals surface area contributed by atoms with Gasteiger partial charge in [0.1, 0.15) is 0 Å². The van der Waals surface area contributed by atoms with E-state index in [2.05, 4.69) is 51.0 Å². The lowest BCUT2D eigenvalue weighted by Gasteiger charge is -2.37. The summed E-state index contributed by atoms with van der Waals surface area (Å²) in [6.07, 6.45) is 3.82. The molecule has 2 aliphatic heterocycles. The first-order valence-corrected chi connectivity index (χ1v) is 6.97. The topological polar surface area (TPSA) is 28.2 Å². The van der Waals surface area contributed by atoms with E-state index in [1.807, 2.05) is 12.4 Å². The molecule has 2 atom stereocenters. The van der Waals surface area contributed by atoms with E-state index >= 15 is 0 Å². The Hall–Kier alpha value is -0.610. The smallest absolute Gasteiger partial charge is 0.0568 e. The van der Waals surface area contributed by atoms with Gasteiger partial charge in [0, 0.05) is 35.8 Å². The van der Waals surface area contributed by atoms with E-state index in [4.69, 9.17) is 0 Å². The molecule has 92 valence electrons. The van der Waals surface area contributed by atoms with E-state index in [1.165, 1.54) is 5.69 Å². The number of fused-ring (bicyclic) bond motifs is 1. The Balaban J connectivity index is 1.94. The molecule has 2 saturated heterocycles. The standard InChI is InChI=1S/C13H18BrN3/c1-13(2)12-7-15-4-9(12)8-17(13)11-3-10(14)5-16-6-11/h3,5-6,9,12,15H,4,7-8H2,1-2H3. The van der Waals surface area contributed by atoms with E-state index < -0.39 is 0 Å². The summed E-state index contributed by atoms with van der Waals surface area (Å²) < 4.78 is 1.06. The summed E-state index contributed by atoms with van der Waals surface area (Å²) in [6, 6.07) is 2.17. The van der Waals surface area contributed by atoms with Gasteiger partial charge in [-0.3, -0.25) is 4.98 Å². The van der Waals surface area contributed by atoms with Crippen LogP contribution in [0.4, 0.5) is 5.69 Å². The predicted molar refractivity (Wildman–Crippen MR) is 73.2 cm³/mol. The van der Waals surface area contributed by atoms with Crippen molar-refractivity contribution >= 4 is 21.6 Å². The van der Waals surface area contributed by atoms with Crippen LogP contribution in [0.3, 0.4) is 0 Å². The lowest BCUT2D eigenvalue weighted by Crippen LogP contribution is -2.44. The maximum Gasteiger partial charge on any atom is 0.0568 e. The van der Waals surface area contributed by atoms with E-state index in [-0.39, 0.29) is 5.54 Å². The Kier molecular flexibility index (Phi) is 2.67. The lowest BCUT2D eigenvalue weighted by atomic mass is 9.85. The summed E-state index contributed by atoms with van der Waals surface area (Å²) in [5, 5.41) is 3.51. The zero-order valence-corrected chi connectivity index (χ0v) is 11.9. The zero-order chi connectivity index (χ0) is 12.0. The fourth-order valence-corrected chi connectivity index (χ4v) is 3.76. The largest absolute Gasteiger partial charge is 0.364 e. The first kappa shape index (κ1) is 11.5. The van der Waals surface area contributed by atoms with Gasteiger partial charge in [0.15, 0.2) is 0 Å². The molecular weight excluding hydrogens is 278 g/mol. The van der Waals surface area contributed by atoms with Crippen LogP contribution >= 0.6 is 15.9 Å². The minimum Gasteiger partial charge on any atom is -0.364 e. The van der Waals surface area contributed by atoms with Crippen molar-refractivity contribution in [1.82, 2.24) is 10.3 Å². The number of nitrogens with one attached hydrogen (secondary N) is 1. The van der Waals surface area contributed by atoms with Crippen molar-refractivity contribution < 1.29 is 0 Å². The lowest BCUT2D eigenvalue weighted by molar-refractivity contribution is 0.357. The molecule has 3 nitrogen and oxygen atoms in total. The SMILES string of the molecule is CC1(C)C2CNCC2CN1c1cncc(Br)c1. The van der Waals surface area contributed by atoms with E-state index in [9.17, 15) is 0 Å². The van der Waals surface area contributed by atoms with Crippen molar-refractivity contribution in [1.29, 1.82) is 0 Å². The molecule has 1 aromatic rings. The molecule has 0 radical (unpaired) electrons. The van der Waals surface area contributed by atoms with E-state index in [0.717, 1.165) is 35.9 Å². The Labute approximate surface area is 111 Å². The number of aromatic nitrogens is 1. The average molecular weight is 296 g/mol. The highest BCUT2D eigenvalue weighted by molar-refractivity contribution is 9.10. The maximum atomic E-state index is 4.28. The quantitative estimate of drug-likeness (QED) is 0.862. The molecule has 0 spiro atoms. The van der Waals surface area contributed by atoms with Gasteiger partial charge in [0.25, 0.3) is 0 Å². The highest BCUT2D eigenvalue weighted by Crippen LogP contribution is 2.43. The van der Waals surface area contributed by atoms with Gasteiger partial charge < -0.3 is 10.2 Å². The van der Waals surface area contributed by atoms with Crippen LogP contribution in [0.1, 0.15) is 13.8 Å². The van der Waals surface area contributed by atoms with Crippen molar-refractivity contribution in [2.45, 2.75) is 19.4 Å². The molecule has 0 bridgehead atoms. The molecule has 1 aromatic heterocycles. The Bertz CT molecular complexity index is 432. The van der Waals surface area contributed by atoms with Gasteiger partial charge in [-0.2, -0.15) is 0 Å². The second kappa shape index (κ2) is 3.95. The minimum absolute atomic E-state index is 0.219. The normalized spacial score (nSPS) is 30.6. The van der Waals surface area contributed by atoms with Gasteiger partial charge in [-0.25, -0.2) is 0 Å². The molecule has 2 aliphatic rings. The predicted octanol–water partition coefficient (Wildman–Crippen LogP) is 2.28. The summed E-state index contributed by atoms with van der Waals surface area (Å²) >= 11 is 3.51. The summed E-state index contributed by atoms with van der Waals surface area (Å²) in [6.45, 7) is 8.15. The maximum absolute atomic E-state index is 4.28. The monoisotopic (exact) mass is 295 g/mol. The summed E-state index contributed by atoms with van der Waals surface area (Å²) in [7, 11) is 0. The molecule has 0 saturated carbocycles. The number of pyridine rings is 1. The Morgan fingerprint density at radius 1 is 1.41 bits per heavy atom. The van der Waals surface area contributed by atoms with Crippen LogP contribution in [0, 0.1) is 11.8 Å². The number of halogens is 1.